The predicted octanol–water partition coefficient (Wildman–Crippen LogP) is 4.16. The maximum atomic E-state index is 13.1. The van der Waals surface area contributed by atoms with Gasteiger partial charge in [-0.25, -0.2) is 13.4 Å². The molecule has 2 heterocycles. The Morgan fingerprint density at radius 3 is 2.47 bits per heavy atom. The molecule has 2 aromatic heterocycles. The van der Waals surface area contributed by atoms with Crippen molar-refractivity contribution in [3.8, 4) is 0 Å². The maximum Gasteiger partial charge on any atom is 0.230 e. The summed E-state index contributed by atoms with van der Waals surface area (Å²) < 4.78 is 27.9. The molecule has 164 valence electrons. The van der Waals surface area contributed by atoms with Crippen LogP contribution in [0.25, 0.3) is 5.52 Å². The van der Waals surface area contributed by atoms with E-state index >= 15 is 0 Å². The summed E-state index contributed by atoms with van der Waals surface area (Å²) in [5.74, 6) is 0.0557. The van der Waals surface area contributed by atoms with Gasteiger partial charge in [0.05, 0.1) is 17.7 Å². The van der Waals surface area contributed by atoms with Crippen molar-refractivity contribution in [3.63, 3.8) is 0 Å². The summed E-state index contributed by atoms with van der Waals surface area (Å²) in [6.07, 6.45) is 1.70. The van der Waals surface area contributed by atoms with Crippen LogP contribution in [-0.2, 0) is 33.4 Å². The molecule has 2 aromatic carbocycles. The molecule has 0 saturated carbocycles. The summed E-state index contributed by atoms with van der Waals surface area (Å²) in [7, 11) is -2.00. The molecule has 0 fully saturated rings. The number of hydrogen-bond acceptors (Lipinski definition) is 4. The van der Waals surface area contributed by atoms with E-state index in [1.54, 1.807) is 71.1 Å². The normalized spacial score (nSPS) is 11.6. The van der Waals surface area contributed by atoms with Crippen LogP contribution in [0.15, 0.2) is 84.0 Å². The SMILES string of the molecule is CN(Cc1cccc(Cl)c1)C(=O)Cc1nc(S(=O)(=O)Cc2ccccc2)c2ccccn12. The first-order valence-electron chi connectivity index (χ1n) is 10.0. The van der Waals surface area contributed by atoms with Gasteiger partial charge in [-0.3, -0.25) is 4.79 Å². The molecule has 0 atom stereocenters. The summed E-state index contributed by atoms with van der Waals surface area (Å²) in [4.78, 5) is 18.9. The number of nitrogens with zero attached hydrogens (tertiary/aromatic N) is 3. The van der Waals surface area contributed by atoms with E-state index in [4.69, 9.17) is 11.6 Å². The van der Waals surface area contributed by atoms with Gasteiger partial charge in [-0.2, -0.15) is 0 Å². The Balaban J connectivity index is 1.60. The second-order valence-corrected chi connectivity index (χ2v) is 9.93. The Hall–Kier alpha value is -3.16. The van der Waals surface area contributed by atoms with Crippen molar-refractivity contribution in [1.82, 2.24) is 14.3 Å². The highest BCUT2D eigenvalue weighted by Gasteiger charge is 2.25. The topological polar surface area (TPSA) is 71.8 Å². The van der Waals surface area contributed by atoms with E-state index in [0.717, 1.165) is 5.56 Å². The number of aromatic nitrogens is 2. The highest BCUT2D eigenvalue weighted by molar-refractivity contribution is 7.90. The molecule has 0 bridgehead atoms. The van der Waals surface area contributed by atoms with Gasteiger partial charge in [0.2, 0.25) is 15.7 Å². The minimum Gasteiger partial charge on any atom is -0.341 e. The van der Waals surface area contributed by atoms with Crippen LogP contribution in [0.3, 0.4) is 0 Å². The fourth-order valence-electron chi connectivity index (χ4n) is 3.55. The van der Waals surface area contributed by atoms with Gasteiger partial charge in [0.25, 0.3) is 0 Å². The quantitative estimate of drug-likeness (QED) is 0.409. The van der Waals surface area contributed by atoms with Gasteiger partial charge in [0.15, 0.2) is 5.03 Å². The number of imidazole rings is 1. The molecule has 0 saturated heterocycles. The molecule has 0 aliphatic heterocycles. The Morgan fingerprint density at radius 1 is 1.00 bits per heavy atom. The molecule has 4 rings (SSSR count). The Kier molecular flexibility index (Phi) is 6.30. The number of likely N-dealkylation sites (N-methyl/N-ethyl adjacent to an activating group) is 1. The monoisotopic (exact) mass is 467 g/mol. The van der Waals surface area contributed by atoms with Crippen molar-refractivity contribution in [3.05, 3.63) is 101 Å². The molecule has 0 unspecified atom stereocenters. The Labute approximate surface area is 192 Å². The highest BCUT2D eigenvalue weighted by atomic mass is 35.5. The number of rotatable bonds is 7. The molecule has 8 heteroatoms. The number of carbonyl (C=O) groups is 1. The average molecular weight is 468 g/mol. The van der Waals surface area contributed by atoms with Crippen molar-refractivity contribution in [2.24, 2.45) is 0 Å². The van der Waals surface area contributed by atoms with Gasteiger partial charge in [-0.05, 0) is 35.4 Å². The maximum absolute atomic E-state index is 13.1. The van der Waals surface area contributed by atoms with Crippen LogP contribution in [0.4, 0.5) is 0 Å². The van der Waals surface area contributed by atoms with Crippen molar-refractivity contribution in [2.45, 2.75) is 23.7 Å². The number of fused-ring (bicyclic) bond motifs is 1. The fourth-order valence-corrected chi connectivity index (χ4v) is 5.26. The second-order valence-electron chi connectivity index (χ2n) is 7.59. The fraction of sp³-hybridized carbons (Fsp3) is 0.167. The minimum atomic E-state index is -3.70. The number of benzene rings is 2. The van der Waals surface area contributed by atoms with E-state index in [1.165, 1.54) is 0 Å². The summed E-state index contributed by atoms with van der Waals surface area (Å²) in [6, 6.07) is 21.5. The first-order chi connectivity index (χ1) is 15.3. The van der Waals surface area contributed by atoms with Crippen LogP contribution in [0.2, 0.25) is 5.02 Å². The first kappa shape index (κ1) is 22.0. The standard InChI is InChI=1S/C24H22ClN3O3S/c1-27(16-19-10-7-11-20(25)14-19)23(29)15-22-26-24(21-12-5-6-13-28(21)22)32(30,31)17-18-8-3-2-4-9-18/h2-14H,15-17H2,1H3. The lowest BCUT2D eigenvalue weighted by Gasteiger charge is -2.17. The summed E-state index contributed by atoms with van der Waals surface area (Å²) in [5.41, 5.74) is 2.06. The van der Waals surface area contributed by atoms with Crippen molar-refractivity contribution in [1.29, 1.82) is 0 Å². The van der Waals surface area contributed by atoms with Gasteiger partial charge < -0.3 is 9.30 Å². The molecule has 4 aromatic rings. The number of halogens is 1. The molecule has 0 aliphatic rings. The van der Waals surface area contributed by atoms with Crippen LogP contribution in [0.5, 0.6) is 0 Å². The summed E-state index contributed by atoms with van der Waals surface area (Å²) in [6.45, 7) is 0.391. The molecule has 0 spiro atoms. The Bertz CT molecular complexity index is 1370. The van der Waals surface area contributed by atoms with Crippen molar-refractivity contribution >= 4 is 32.9 Å². The zero-order valence-corrected chi connectivity index (χ0v) is 19.1. The number of sulfone groups is 1. The van der Waals surface area contributed by atoms with Gasteiger partial charge in [0.1, 0.15) is 5.82 Å². The van der Waals surface area contributed by atoms with E-state index in [1.807, 2.05) is 24.3 Å². The lowest BCUT2D eigenvalue weighted by Crippen LogP contribution is -2.28. The molecule has 1 amide bonds. The van der Waals surface area contributed by atoms with Crippen LogP contribution in [-0.4, -0.2) is 35.7 Å². The minimum absolute atomic E-state index is 0.0118. The van der Waals surface area contributed by atoms with Gasteiger partial charge in [-0.1, -0.05) is 60.1 Å². The molecule has 0 radical (unpaired) electrons. The summed E-state index contributed by atoms with van der Waals surface area (Å²) >= 11 is 6.03. The van der Waals surface area contributed by atoms with E-state index in [2.05, 4.69) is 4.98 Å². The van der Waals surface area contributed by atoms with Crippen LogP contribution >= 0.6 is 11.6 Å². The number of pyridine rings is 1. The van der Waals surface area contributed by atoms with Crippen LogP contribution in [0, 0.1) is 0 Å². The lowest BCUT2D eigenvalue weighted by atomic mass is 10.2. The van der Waals surface area contributed by atoms with Gasteiger partial charge in [-0.15, -0.1) is 0 Å². The van der Waals surface area contributed by atoms with E-state index in [0.29, 0.717) is 28.5 Å². The van der Waals surface area contributed by atoms with E-state index in [-0.39, 0.29) is 23.1 Å². The third kappa shape index (κ3) is 4.84. The second kappa shape index (κ2) is 9.14. The number of amides is 1. The van der Waals surface area contributed by atoms with E-state index in [9.17, 15) is 13.2 Å². The average Bonchev–Trinajstić information content (AvgIpc) is 3.14. The zero-order valence-electron chi connectivity index (χ0n) is 17.5. The largest absolute Gasteiger partial charge is 0.341 e. The summed E-state index contributed by atoms with van der Waals surface area (Å²) in [5, 5.41) is 0.595. The molecule has 6 nitrogen and oxygen atoms in total. The van der Waals surface area contributed by atoms with Crippen molar-refractivity contribution in [2.75, 3.05) is 7.05 Å². The third-order valence-electron chi connectivity index (χ3n) is 5.13. The molecular weight excluding hydrogens is 446 g/mol. The zero-order chi connectivity index (χ0) is 22.7. The molecule has 0 N–H and O–H groups in total. The first-order valence-corrected chi connectivity index (χ1v) is 12.1. The Morgan fingerprint density at radius 2 is 1.72 bits per heavy atom. The van der Waals surface area contributed by atoms with E-state index < -0.39 is 9.84 Å². The number of hydrogen-bond donors (Lipinski definition) is 0. The van der Waals surface area contributed by atoms with Crippen molar-refractivity contribution < 1.29 is 13.2 Å². The van der Waals surface area contributed by atoms with Gasteiger partial charge >= 0.3 is 0 Å². The smallest absolute Gasteiger partial charge is 0.230 e. The highest BCUT2D eigenvalue weighted by Crippen LogP contribution is 2.23. The van der Waals surface area contributed by atoms with Gasteiger partial charge in [0, 0.05) is 24.8 Å². The van der Waals surface area contributed by atoms with Crippen LogP contribution < -0.4 is 0 Å². The molecular formula is C24H22ClN3O3S. The lowest BCUT2D eigenvalue weighted by molar-refractivity contribution is -0.129. The molecule has 32 heavy (non-hydrogen) atoms. The predicted molar refractivity (Wildman–Crippen MR) is 124 cm³/mol. The van der Waals surface area contributed by atoms with Crippen LogP contribution in [0.1, 0.15) is 17.0 Å². The molecule has 0 aliphatic carbocycles. The number of carbonyl (C=O) groups excluding carboxylic acids is 1. The third-order valence-corrected chi connectivity index (χ3v) is 6.96.